The number of hydrogen-bond acceptors (Lipinski definition) is 4. The van der Waals surface area contributed by atoms with Crippen LogP contribution in [0.5, 0.6) is 0 Å². The van der Waals surface area contributed by atoms with Crippen LogP contribution in [0.15, 0.2) is 44.4 Å². The number of anilines is 1. The fourth-order valence-corrected chi connectivity index (χ4v) is 4.38. The molecule has 1 N–H and O–H groups in total. The Morgan fingerprint density at radius 2 is 2.00 bits per heavy atom. The number of halogens is 1. The van der Waals surface area contributed by atoms with E-state index in [-0.39, 0.29) is 4.21 Å². The van der Waals surface area contributed by atoms with Gasteiger partial charge in [0, 0.05) is 11.3 Å². The minimum atomic E-state index is -3.59. The van der Waals surface area contributed by atoms with Crippen LogP contribution in [0.3, 0.4) is 0 Å². The molecule has 0 aliphatic heterocycles. The second-order valence-corrected chi connectivity index (χ2v) is 7.78. The smallest absolute Gasteiger partial charge is 0.271 e. The summed E-state index contributed by atoms with van der Waals surface area (Å²) in [5, 5.41) is 0. The SMILES string of the molecule is O=Cc1cccc(NS(=O)(=O)c2ccc(Br)s2)c1. The molecule has 0 saturated heterocycles. The quantitative estimate of drug-likeness (QED) is 0.865. The molecule has 4 nitrogen and oxygen atoms in total. The molecule has 2 rings (SSSR count). The molecule has 1 aromatic carbocycles. The summed E-state index contributed by atoms with van der Waals surface area (Å²) < 4.78 is 27.4. The number of thiophene rings is 1. The van der Waals surface area contributed by atoms with E-state index in [2.05, 4.69) is 20.7 Å². The Bertz CT molecular complexity index is 679. The van der Waals surface area contributed by atoms with Crippen LogP contribution < -0.4 is 4.72 Å². The fraction of sp³-hybridized carbons (Fsp3) is 0. The first-order chi connectivity index (χ1) is 8.51. The molecular weight excluding hydrogens is 338 g/mol. The Kier molecular flexibility index (Phi) is 3.84. The van der Waals surface area contributed by atoms with E-state index in [4.69, 9.17) is 0 Å². The molecule has 0 aliphatic carbocycles. The topological polar surface area (TPSA) is 63.2 Å². The third-order valence-electron chi connectivity index (χ3n) is 2.09. The molecule has 0 aliphatic rings. The number of rotatable bonds is 4. The molecule has 0 atom stereocenters. The lowest BCUT2D eigenvalue weighted by atomic mass is 10.2. The molecule has 0 bridgehead atoms. The third-order valence-corrected chi connectivity index (χ3v) is 5.59. The van der Waals surface area contributed by atoms with Gasteiger partial charge in [-0.1, -0.05) is 12.1 Å². The van der Waals surface area contributed by atoms with Gasteiger partial charge in [-0.05, 0) is 40.2 Å². The van der Waals surface area contributed by atoms with Gasteiger partial charge < -0.3 is 0 Å². The van der Waals surface area contributed by atoms with Gasteiger partial charge in [-0.2, -0.15) is 0 Å². The van der Waals surface area contributed by atoms with Gasteiger partial charge in [0.25, 0.3) is 10.0 Å². The highest BCUT2D eigenvalue weighted by atomic mass is 79.9. The zero-order valence-corrected chi connectivity index (χ0v) is 12.2. The molecular formula is C11H8BrNO3S2. The Balaban J connectivity index is 2.30. The molecule has 1 heterocycles. The molecule has 94 valence electrons. The maximum Gasteiger partial charge on any atom is 0.271 e. The van der Waals surface area contributed by atoms with Gasteiger partial charge in [0.1, 0.15) is 10.5 Å². The molecule has 7 heteroatoms. The van der Waals surface area contributed by atoms with E-state index in [1.54, 1.807) is 24.3 Å². The molecule has 2 aromatic rings. The first-order valence-corrected chi connectivity index (χ1v) is 7.94. The monoisotopic (exact) mass is 345 g/mol. The van der Waals surface area contributed by atoms with Gasteiger partial charge in [0.15, 0.2) is 0 Å². The lowest BCUT2D eigenvalue weighted by molar-refractivity contribution is 0.112. The van der Waals surface area contributed by atoms with Crippen LogP contribution in [-0.4, -0.2) is 14.7 Å². The average Bonchev–Trinajstić information content (AvgIpc) is 2.76. The molecule has 0 spiro atoms. The average molecular weight is 346 g/mol. The summed E-state index contributed by atoms with van der Waals surface area (Å²) in [4.78, 5) is 10.6. The van der Waals surface area contributed by atoms with Crippen molar-refractivity contribution in [3.05, 3.63) is 45.7 Å². The minimum Gasteiger partial charge on any atom is -0.298 e. The van der Waals surface area contributed by atoms with Crippen molar-refractivity contribution in [3.8, 4) is 0 Å². The summed E-state index contributed by atoms with van der Waals surface area (Å²) in [6, 6.07) is 9.47. The van der Waals surface area contributed by atoms with E-state index < -0.39 is 10.0 Å². The van der Waals surface area contributed by atoms with Crippen molar-refractivity contribution in [2.45, 2.75) is 4.21 Å². The maximum atomic E-state index is 12.0. The largest absolute Gasteiger partial charge is 0.298 e. The van der Waals surface area contributed by atoms with Gasteiger partial charge >= 0.3 is 0 Å². The van der Waals surface area contributed by atoms with Crippen LogP contribution in [0.2, 0.25) is 0 Å². The van der Waals surface area contributed by atoms with Crippen molar-refractivity contribution in [1.29, 1.82) is 0 Å². The molecule has 0 saturated carbocycles. The summed E-state index contributed by atoms with van der Waals surface area (Å²) in [5.74, 6) is 0. The van der Waals surface area contributed by atoms with E-state index in [0.717, 1.165) is 15.1 Å². The van der Waals surface area contributed by atoms with E-state index in [1.165, 1.54) is 12.1 Å². The summed E-state index contributed by atoms with van der Waals surface area (Å²) in [6.45, 7) is 0. The van der Waals surface area contributed by atoms with Gasteiger partial charge in [-0.3, -0.25) is 9.52 Å². The number of aldehydes is 1. The zero-order valence-electron chi connectivity index (χ0n) is 8.96. The van der Waals surface area contributed by atoms with Gasteiger partial charge in [0.2, 0.25) is 0 Å². The number of carbonyl (C=O) groups is 1. The second kappa shape index (κ2) is 5.21. The van der Waals surface area contributed by atoms with Crippen LogP contribution in [-0.2, 0) is 10.0 Å². The Morgan fingerprint density at radius 1 is 1.22 bits per heavy atom. The summed E-state index contributed by atoms with van der Waals surface area (Å²) in [7, 11) is -3.59. The van der Waals surface area contributed by atoms with Gasteiger partial charge in [-0.15, -0.1) is 11.3 Å². The van der Waals surface area contributed by atoms with Crippen LogP contribution in [0.1, 0.15) is 10.4 Å². The van der Waals surface area contributed by atoms with Crippen LogP contribution in [0, 0.1) is 0 Å². The molecule has 0 radical (unpaired) electrons. The third kappa shape index (κ3) is 2.98. The standard InChI is InChI=1S/C11H8BrNO3S2/c12-10-4-5-11(17-10)18(15,16)13-9-3-1-2-8(6-9)7-14/h1-7,13H. The highest BCUT2D eigenvalue weighted by Gasteiger charge is 2.16. The van der Waals surface area contributed by atoms with Crippen molar-refractivity contribution >= 4 is 49.3 Å². The second-order valence-electron chi connectivity index (χ2n) is 3.41. The van der Waals surface area contributed by atoms with Crippen LogP contribution >= 0.6 is 27.3 Å². The fourth-order valence-electron chi connectivity index (χ4n) is 1.32. The van der Waals surface area contributed by atoms with Crippen molar-refractivity contribution < 1.29 is 13.2 Å². The Hall–Kier alpha value is -1.18. The number of carbonyl (C=O) groups excluding carboxylic acids is 1. The molecule has 0 fully saturated rings. The van der Waals surface area contributed by atoms with Gasteiger partial charge in [0.05, 0.1) is 3.79 Å². The predicted octanol–water partition coefficient (Wildman–Crippen LogP) is 3.12. The van der Waals surface area contributed by atoms with Crippen molar-refractivity contribution in [1.82, 2.24) is 0 Å². The minimum absolute atomic E-state index is 0.214. The summed E-state index contributed by atoms with van der Waals surface area (Å²) >= 11 is 4.33. The zero-order chi connectivity index (χ0) is 13.2. The maximum absolute atomic E-state index is 12.0. The van der Waals surface area contributed by atoms with Crippen LogP contribution in [0.4, 0.5) is 5.69 Å². The predicted molar refractivity (Wildman–Crippen MR) is 74.7 cm³/mol. The molecule has 18 heavy (non-hydrogen) atoms. The highest BCUT2D eigenvalue weighted by Crippen LogP contribution is 2.27. The summed E-state index contributed by atoms with van der Waals surface area (Å²) in [5.41, 5.74) is 0.784. The summed E-state index contributed by atoms with van der Waals surface area (Å²) in [6.07, 6.45) is 0.666. The van der Waals surface area contributed by atoms with E-state index >= 15 is 0 Å². The molecule has 0 unspecified atom stereocenters. The van der Waals surface area contributed by atoms with Crippen LogP contribution in [0.25, 0.3) is 0 Å². The number of nitrogens with one attached hydrogen (secondary N) is 1. The first-order valence-electron chi connectivity index (χ1n) is 4.85. The van der Waals surface area contributed by atoms with Crippen molar-refractivity contribution in [2.24, 2.45) is 0 Å². The Labute approximate surface area is 117 Å². The van der Waals surface area contributed by atoms with E-state index in [0.29, 0.717) is 17.5 Å². The highest BCUT2D eigenvalue weighted by molar-refractivity contribution is 9.11. The van der Waals surface area contributed by atoms with Crippen molar-refractivity contribution in [3.63, 3.8) is 0 Å². The van der Waals surface area contributed by atoms with Crippen molar-refractivity contribution in [2.75, 3.05) is 4.72 Å². The lowest BCUT2D eigenvalue weighted by Crippen LogP contribution is -2.11. The first kappa shape index (κ1) is 13.3. The van der Waals surface area contributed by atoms with Gasteiger partial charge in [-0.25, -0.2) is 8.42 Å². The number of hydrogen-bond donors (Lipinski definition) is 1. The molecule has 1 aromatic heterocycles. The normalized spacial score (nSPS) is 11.2. The number of sulfonamides is 1. The molecule has 0 amide bonds. The lowest BCUT2D eigenvalue weighted by Gasteiger charge is -2.06. The Morgan fingerprint density at radius 3 is 2.61 bits per heavy atom. The number of benzene rings is 1. The van der Waals surface area contributed by atoms with E-state index in [9.17, 15) is 13.2 Å². The van der Waals surface area contributed by atoms with E-state index in [1.807, 2.05) is 0 Å².